The van der Waals surface area contributed by atoms with Crippen LogP contribution in [0.2, 0.25) is 0 Å². The standard InChI is InChI=1S/C13H19N3O2.2ClH/c1-2-16(10-11-5-3-4-6-15-11)13(17)12-9-14-7-8-18-12;;/h3-6,12,14H,2,7-10H2,1H3;2*1H. The summed E-state index contributed by atoms with van der Waals surface area (Å²) in [5.74, 6) is 0.0374. The van der Waals surface area contributed by atoms with Gasteiger partial charge in [0.1, 0.15) is 6.10 Å². The van der Waals surface area contributed by atoms with Gasteiger partial charge < -0.3 is 15.0 Å². The van der Waals surface area contributed by atoms with Gasteiger partial charge in [0, 0.05) is 25.8 Å². The normalized spacial score (nSPS) is 17.6. The summed E-state index contributed by atoms with van der Waals surface area (Å²) in [7, 11) is 0. The molecule has 1 aliphatic heterocycles. The number of pyridine rings is 1. The Morgan fingerprint density at radius 2 is 2.30 bits per heavy atom. The second-order valence-corrected chi connectivity index (χ2v) is 4.24. The molecule has 0 saturated carbocycles. The third-order valence-corrected chi connectivity index (χ3v) is 2.98. The molecule has 2 rings (SSSR count). The van der Waals surface area contributed by atoms with E-state index in [9.17, 15) is 4.79 Å². The van der Waals surface area contributed by atoms with Gasteiger partial charge in [-0.3, -0.25) is 9.78 Å². The quantitative estimate of drug-likeness (QED) is 0.907. The molecule has 1 aromatic rings. The van der Waals surface area contributed by atoms with Crippen LogP contribution in [0.4, 0.5) is 0 Å². The van der Waals surface area contributed by atoms with Crippen molar-refractivity contribution in [1.29, 1.82) is 0 Å². The number of morpholine rings is 1. The van der Waals surface area contributed by atoms with E-state index < -0.39 is 0 Å². The fraction of sp³-hybridized carbons (Fsp3) is 0.538. The van der Waals surface area contributed by atoms with Crippen LogP contribution in [0, 0.1) is 0 Å². The molecule has 1 N–H and O–H groups in total. The number of hydrogen-bond donors (Lipinski definition) is 1. The van der Waals surface area contributed by atoms with Crippen molar-refractivity contribution in [3.05, 3.63) is 30.1 Å². The third kappa shape index (κ3) is 5.25. The van der Waals surface area contributed by atoms with Crippen LogP contribution in [-0.2, 0) is 16.1 Å². The fourth-order valence-electron chi connectivity index (χ4n) is 1.96. The second-order valence-electron chi connectivity index (χ2n) is 4.24. The maximum atomic E-state index is 12.3. The Balaban J connectivity index is 0.00000180. The summed E-state index contributed by atoms with van der Waals surface area (Å²) in [6.45, 7) is 5.17. The van der Waals surface area contributed by atoms with Crippen molar-refractivity contribution < 1.29 is 9.53 Å². The largest absolute Gasteiger partial charge is 0.366 e. The van der Waals surface area contributed by atoms with Crippen LogP contribution in [0.3, 0.4) is 0 Å². The first-order valence-corrected chi connectivity index (χ1v) is 6.32. The first-order valence-electron chi connectivity index (χ1n) is 6.32. The number of hydrogen-bond acceptors (Lipinski definition) is 4. The fourth-order valence-corrected chi connectivity index (χ4v) is 1.96. The number of halogens is 2. The van der Waals surface area contributed by atoms with Crippen molar-refractivity contribution in [1.82, 2.24) is 15.2 Å². The Kier molecular flexibility index (Phi) is 9.50. The Morgan fingerprint density at radius 3 is 2.85 bits per heavy atom. The summed E-state index contributed by atoms with van der Waals surface area (Å²) in [5.41, 5.74) is 0.900. The second kappa shape index (κ2) is 9.94. The predicted octanol–water partition coefficient (Wildman–Crippen LogP) is 1.26. The summed E-state index contributed by atoms with van der Waals surface area (Å²) in [6.07, 6.45) is 1.38. The predicted molar refractivity (Wildman–Crippen MR) is 82.4 cm³/mol. The minimum atomic E-state index is -0.359. The Morgan fingerprint density at radius 1 is 1.50 bits per heavy atom. The molecule has 1 unspecified atom stereocenters. The van der Waals surface area contributed by atoms with Crippen LogP contribution in [-0.4, -0.2) is 48.1 Å². The highest BCUT2D eigenvalue weighted by molar-refractivity contribution is 5.85. The van der Waals surface area contributed by atoms with Gasteiger partial charge in [0.15, 0.2) is 0 Å². The van der Waals surface area contributed by atoms with Crippen LogP contribution in [0.5, 0.6) is 0 Å². The number of ether oxygens (including phenoxy) is 1. The van der Waals surface area contributed by atoms with E-state index in [0.29, 0.717) is 26.2 Å². The molecular weight excluding hydrogens is 301 g/mol. The van der Waals surface area contributed by atoms with E-state index in [0.717, 1.165) is 12.2 Å². The molecule has 20 heavy (non-hydrogen) atoms. The summed E-state index contributed by atoms with van der Waals surface area (Å²) < 4.78 is 5.49. The SMILES string of the molecule is CCN(Cc1ccccn1)C(=O)C1CNCCO1.Cl.Cl. The van der Waals surface area contributed by atoms with Gasteiger partial charge >= 0.3 is 0 Å². The first-order chi connectivity index (χ1) is 8.81. The molecule has 0 radical (unpaired) electrons. The van der Waals surface area contributed by atoms with E-state index in [1.54, 1.807) is 11.1 Å². The van der Waals surface area contributed by atoms with E-state index in [4.69, 9.17) is 4.74 Å². The lowest BCUT2D eigenvalue weighted by molar-refractivity contribution is -0.145. The Hall–Kier alpha value is -0.880. The molecular formula is C13H21Cl2N3O2. The molecule has 2 heterocycles. The minimum absolute atomic E-state index is 0. The zero-order chi connectivity index (χ0) is 12.8. The number of carbonyl (C=O) groups is 1. The average Bonchev–Trinajstić information content (AvgIpc) is 2.46. The van der Waals surface area contributed by atoms with Crippen LogP contribution in [0.1, 0.15) is 12.6 Å². The minimum Gasteiger partial charge on any atom is -0.366 e. The smallest absolute Gasteiger partial charge is 0.253 e. The van der Waals surface area contributed by atoms with Gasteiger partial charge in [0.2, 0.25) is 0 Å². The van der Waals surface area contributed by atoms with Gasteiger partial charge in [0.05, 0.1) is 18.8 Å². The molecule has 114 valence electrons. The van der Waals surface area contributed by atoms with Gasteiger partial charge in [0.25, 0.3) is 5.91 Å². The zero-order valence-corrected chi connectivity index (χ0v) is 13.1. The molecule has 0 bridgehead atoms. The van der Waals surface area contributed by atoms with Crippen molar-refractivity contribution in [2.75, 3.05) is 26.2 Å². The van der Waals surface area contributed by atoms with Crippen molar-refractivity contribution in [3.63, 3.8) is 0 Å². The average molecular weight is 322 g/mol. The summed E-state index contributed by atoms with van der Waals surface area (Å²) in [6, 6.07) is 5.73. The summed E-state index contributed by atoms with van der Waals surface area (Å²) >= 11 is 0. The van der Waals surface area contributed by atoms with E-state index in [1.807, 2.05) is 25.1 Å². The Labute approximate surface area is 131 Å². The lowest BCUT2D eigenvalue weighted by Gasteiger charge is -2.28. The molecule has 5 nitrogen and oxygen atoms in total. The number of aromatic nitrogens is 1. The van der Waals surface area contributed by atoms with Gasteiger partial charge in [-0.05, 0) is 19.1 Å². The number of likely N-dealkylation sites (N-methyl/N-ethyl adjacent to an activating group) is 1. The number of nitrogens with one attached hydrogen (secondary N) is 1. The van der Waals surface area contributed by atoms with Crippen LogP contribution >= 0.6 is 24.8 Å². The van der Waals surface area contributed by atoms with Crippen LogP contribution in [0.25, 0.3) is 0 Å². The molecule has 1 fully saturated rings. The topological polar surface area (TPSA) is 54.5 Å². The van der Waals surface area contributed by atoms with Gasteiger partial charge in [-0.15, -0.1) is 24.8 Å². The highest BCUT2D eigenvalue weighted by Crippen LogP contribution is 2.06. The summed E-state index contributed by atoms with van der Waals surface area (Å²) in [5, 5.41) is 3.17. The number of carbonyl (C=O) groups excluding carboxylic acids is 1. The molecule has 1 amide bonds. The molecule has 1 aliphatic rings. The molecule has 1 atom stereocenters. The van der Waals surface area contributed by atoms with Crippen molar-refractivity contribution in [3.8, 4) is 0 Å². The molecule has 1 aromatic heterocycles. The molecule has 7 heteroatoms. The van der Waals surface area contributed by atoms with Crippen molar-refractivity contribution in [2.24, 2.45) is 0 Å². The van der Waals surface area contributed by atoms with Gasteiger partial charge in [-0.25, -0.2) is 0 Å². The lowest BCUT2D eigenvalue weighted by atomic mass is 10.2. The van der Waals surface area contributed by atoms with Crippen LogP contribution < -0.4 is 5.32 Å². The summed E-state index contributed by atoms with van der Waals surface area (Å²) in [4.78, 5) is 18.3. The van der Waals surface area contributed by atoms with E-state index in [2.05, 4.69) is 10.3 Å². The van der Waals surface area contributed by atoms with Crippen molar-refractivity contribution >= 4 is 30.7 Å². The van der Waals surface area contributed by atoms with Gasteiger partial charge in [-0.2, -0.15) is 0 Å². The molecule has 0 aromatic carbocycles. The lowest BCUT2D eigenvalue weighted by Crippen LogP contribution is -2.49. The molecule has 1 saturated heterocycles. The third-order valence-electron chi connectivity index (χ3n) is 2.98. The maximum Gasteiger partial charge on any atom is 0.253 e. The highest BCUT2D eigenvalue weighted by atomic mass is 35.5. The van der Waals surface area contributed by atoms with E-state index in [1.165, 1.54) is 0 Å². The maximum absolute atomic E-state index is 12.3. The Bertz CT molecular complexity index is 386. The van der Waals surface area contributed by atoms with Gasteiger partial charge in [-0.1, -0.05) is 6.07 Å². The van der Waals surface area contributed by atoms with Crippen LogP contribution in [0.15, 0.2) is 24.4 Å². The monoisotopic (exact) mass is 321 g/mol. The number of rotatable bonds is 4. The highest BCUT2D eigenvalue weighted by Gasteiger charge is 2.26. The number of amides is 1. The van der Waals surface area contributed by atoms with E-state index >= 15 is 0 Å². The molecule has 0 aliphatic carbocycles. The van der Waals surface area contributed by atoms with E-state index in [-0.39, 0.29) is 36.8 Å². The first kappa shape index (κ1) is 19.1. The molecule has 0 spiro atoms. The van der Waals surface area contributed by atoms with Crippen molar-refractivity contribution in [2.45, 2.75) is 19.6 Å². The number of nitrogens with zero attached hydrogens (tertiary/aromatic N) is 2. The zero-order valence-electron chi connectivity index (χ0n) is 11.4.